The Kier molecular flexibility index (Phi) is 5.00. The molecule has 0 aliphatic rings. The van der Waals surface area contributed by atoms with Gasteiger partial charge in [0, 0.05) is 5.92 Å². The molecule has 17 heavy (non-hydrogen) atoms. The second-order valence-electron chi connectivity index (χ2n) is 3.83. The SMILES string of the molecule is CC(C)C(=O)NNC(=O)OCc1ccccc1. The van der Waals surface area contributed by atoms with Crippen LogP contribution >= 0.6 is 0 Å². The number of ether oxygens (including phenoxy) is 1. The van der Waals surface area contributed by atoms with Gasteiger partial charge in [0.15, 0.2) is 0 Å². The molecule has 0 fully saturated rings. The van der Waals surface area contributed by atoms with Gasteiger partial charge in [-0.2, -0.15) is 0 Å². The van der Waals surface area contributed by atoms with Crippen molar-refractivity contribution in [1.82, 2.24) is 10.9 Å². The fraction of sp³-hybridized carbons (Fsp3) is 0.333. The van der Waals surface area contributed by atoms with Gasteiger partial charge in [0.05, 0.1) is 0 Å². The van der Waals surface area contributed by atoms with Crippen LogP contribution in [0.15, 0.2) is 30.3 Å². The summed E-state index contributed by atoms with van der Waals surface area (Å²) < 4.78 is 4.89. The highest BCUT2D eigenvalue weighted by Crippen LogP contribution is 2.00. The molecule has 0 aliphatic heterocycles. The second-order valence-corrected chi connectivity index (χ2v) is 3.83. The van der Waals surface area contributed by atoms with Gasteiger partial charge >= 0.3 is 6.09 Å². The molecule has 0 radical (unpaired) electrons. The molecule has 2 N–H and O–H groups in total. The van der Waals surface area contributed by atoms with Crippen molar-refractivity contribution >= 4 is 12.0 Å². The fourth-order valence-electron chi connectivity index (χ4n) is 1.02. The third-order valence-electron chi connectivity index (χ3n) is 2.02. The lowest BCUT2D eigenvalue weighted by atomic mass is 10.2. The quantitative estimate of drug-likeness (QED) is 0.783. The maximum absolute atomic E-state index is 11.2. The molecule has 5 heteroatoms. The Morgan fingerprint density at radius 1 is 1.18 bits per heavy atom. The van der Waals surface area contributed by atoms with Crippen LogP contribution in [-0.2, 0) is 16.1 Å². The molecule has 0 aromatic heterocycles. The summed E-state index contributed by atoms with van der Waals surface area (Å²) in [5, 5.41) is 0. The van der Waals surface area contributed by atoms with Crippen LogP contribution in [0.5, 0.6) is 0 Å². The Labute approximate surface area is 100 Å². The molecule has 1 rings (SSSR count). The van der Waals surface area contributed by atoms with E-state index in [0.29, 0.717) is 0 Å². The van der Waals surface area contributed by atoms with E-state index in [0.717, 1.165) is 5.56 Å². The van der Waals surface area contributed by atoms with Crippen LogP contribution in [-0.4, -0.2) is 12.0 Å². The molecule has 92 valence electrons. The van der Waals surface area contributed by atoms with Gasteiger partial charge in [0.1, 0.15) is 6.61 Å². The Morgan fingerprint density at radius 2 is 1.82 bits per heavy atom. The van der Waals surface area contributed by atoms with E-state index < -0.39 is 6.09 Å². The standard InChI is InChI=1S/C12H16N2O3/c1-9(2)11(15)13-14-12(16)17-8-10-6-4-3-5-7-10/h3-7,9H,8H2,1-2H3,(H,13,15)(H,14,16). The Morgan fingerprint density at radius 3 is 2.41 bits per heavy atom. The van der Waals surface area contributed by atoms with Crippen molar-refractivity contribution in [3.05, 3.63) is 35.9 Å². The van der Waals surface area contributed by atoms with Crippen LogP contribution in [0.2, 0.25) is 0 Å². The second kappa shape index (κ2) is 6.52. The number of hydrogen-bond acceptors (Lipinski definition) is 3. The molecule has 1 aromatic carbocycles. The first-order valence-corrected chi connectivity index (χ1v) is 5.36. The van der Waals surface area contributed by atoms with Gasteiger partial charge in [-0.15, -0.1) is 0 Å². The number of amides is 2. The number of nitrogens with one attached hydrogen (secondary N) is 2. The van der Waals surface area contributed by atoms with E-state index in [1.54, 1.807) is 13.8 Å². The summed E-state index contributed by atoms with van der Waals surface area (Å²) in [6, 6.07) is 9.29. The van der Waals surface area contributed by atoms with Crippen molar-refractivity contribution in [2.24, 2.45) is 5.92 Å². The van der Waals surface area contributed by atoms with Crippen molar-refractivity contribution in [3.8, 4) is 0 Å². The average Bonchev–Trinajstić information content (AvgIpc) is 2.34. The normalized spacial score (nSPS) is 9.82. The Bertz CT molecular complexity index is 377. The molecule has 0 heterocycles. The highest BCUT2D eigenvalue weighted by atomic mass is 16.6. The maximum Gasteiger partial charge on any atom is 0.426 e. The number of benzene rings is 1. The van der Waals surface area contributed by atoms with Crippen LogP contribution in [0.1, 0.15) is 19.4 Å². The lowest BCUT2D eigenvalue weighted by molar-refractivity contribution is -0.124. The third kappa shape index (κ3) is 5.01. The highest BCUT2D eigenvalue weighted by Gasteiger charge is 2.08. The molecule has 0 aliphatic carbocycles. The zero-order valence-corrected chi connectivity index (χ0v) is 9.90. The van der Waals surface area contributed by atoms with Crippen molar-refractivity contribution in [3.63, 3.8) is 0 Å². The van der Waals surface area contributed by atoms with Gasteiger partial charge in [-0.3, -0.25) is 10.2 Å². The van der Waals surface area contributed by atoms with E-state index in [1.165, 1.54) is 0 Å². The monoisotopic (exact) mass is 236 g/mol. The van der Waals surface area contributed by atoms with E-state index in [9.17, 15) is 9.59 Å². The fourth-order valence-corrected chi connectivity index (χ4v) is 1.02. The van der Waals surface area contributed by atoms with Gasteiger partial charge in [-0.05, 0) is 5.56 Å². The van der Waals surface area contributed by atoms with Crippen LogP contribution in [0.4, 0.5) is 4.79 Å². The first-order chi connectivity index (χ1) is 8.09. The van der Waals surface area contributed by atoms with Crippen molar-refractivity contribution in [2.75, 3.05) is 0 Å². The summed E-state index contributed by atoms with van der Waals surface area (Å²) in [6.45, 7) is 3.63. The van der Waals surface area contributed by atoms with Gasteiger partial charge in [-0.1, -0.05) is 44.2 Å². The van der Waals surface area contributed by atoms with Gasteiger partial charge in [-0.25, -0.2) is 10.2 Å². The van der Waals surface area contributed by atoms with Crippen LogP contribution in [0.3, 0.4) is 0 Å². The smallest absolute Gasteiger partial charge is 0.426 e. The molecule has 0 unspecified atom stereocenters. The minimum absolute atomic E-state index is 0.171. The van der Waals surface area contributed by atoms with Crippen LogP contribution in [0, 0.1) is 5.92 Å². The predicted octanol–water partition coefficient (Wildman–Crippen LogP) is 1.60. The van der Waals surface area contributed by atoms with Crippen LogP contribution < -0.4 is 10.9 Å². The predicted molar refractivity (Wildman–Crippen MR) is 62.7 cm³/mol. The van der Waals surface area contributed by atoms with E-state index in [2.05, 4.69) is 10.9 Å². The van der Waals surface area contributed by atoms with E-state index in [4.69, 9.17) is 4.74 Å². The first kappa shape index (κ1) is 13.0. The van der Waals surface area contributed by atoms with E-state index in [-0.39, 0.29) is 18.4 Å². The molecule has 2 amide bonds. The molecule has 0 atom stereocenters. The van der Waals surface area contributed by atoms with Gasteiger partial charge in [0.25, 0.3) is 0 Å². The number of rotatable bonds is 3. The Balaban J connectivity index is 2.24. The minimum atomic E-state index is -0.678. The van der Waals surface area contributed by atoms with Gasteiger partial charge < -0.3 is 4.74 Å². The minimum Gasteiger partial charge on any atom is -0.443 e. The average molecular weight is 236 g/mol. The molecule has 5 nitrogen and oxygen atoms in total. The molecular weight excluding hydrogens is 220 g/mol. The van der Waals surface area contributed by atoms with Crippen molar-refractivity contribution in [2.45, 2.75) is 20.5 Å². The lowest BCUT2D eigenvalue weighted by Crippen LogP contribution is -2.43. The zero-order valence-electron chi connectivity index (χ0n) is 9.90. The third-order valence-corrected chi connectivity index (χ3v) is 2.02. The van der Waals surface area contributed by atoms with E-state index in [1.807, 2.05) is 30.3 Å². The number of carbonyl (C=O) groups excluding carboxylic acids is 2. The number of carbonyl (C=O) groups is 2. The molecule has 1 aromatic rings. The molecule has 0 spiro atoms. The summed E-state index contributed by atoms with van der Waals surface area (Å²) in [7, 11) is 0. The van der Waals surface area contributed by atoms with Crippen molar-refractivity contribution in [1.29, 1.82) is 0 Å². The number of hydrazine groups is 1. The van der Waals surface area contributed by atoms with Crippen molar-refractivity contribution < 1.29 is 14.3 Å². The summed E-state index contributed by atoms with van der Waals surface area (Å²) in [6.07, 6.45) is -0.678. The molecule has 0 saturated carbocycles. The van der Waals surface area contributed by atoms with Crippen LogP contribution in [0.25, 0.3) is 0 Å². The lowest BCUT2D eigenvalue weighted by Gasteiger charge is -2.09. The summed E-state index contributed by atoms with van der Waals surface area (Å²) in [4.78, 5) is 22.3. The number of hydrogen-bond donors (Lipinski definition) is 2. The topological polar surface area (TPSA) is 67.4 Å². The maximum atomic E-state index is 11.2. The zero-order chi connectivity index (χ0) is 12.7. The molecule has 0 bridgehead atoms. The Hall–Kier alpha value is -2.04. The summed E-state index contributed by atoms with van der Waals surface area (Å²) >= 11 is 0. The van der Waals surface area contributed by atoms with Gasteiger partial charge in [0.2, 0.25) is 5.91 Å². The largest absolute Gasteiger partial charge is 0.443 e. The van der Waals surface area contributed by atoms with E-state index >= 15 is 0 Å². The molecular formula is C12H16N2O3. The highest BCUT2D eigenvalue weighted by molar-refractivity contribution is 5.80. The summed E-state index contributed by atoms with van der Waals surface area (Å²) in [5.74, 6) is -0.453. The summed E-state index contributed by atoms with van der Waals surface area (Å²) in [5.41, 5.74) is 5.31. The molecule has 0 saturated heterocycles. The first-order valence-electron chi connectivity index (χ1n) is 5.36.